The number of hydrogen-bond acceptors (Lipinski definition) is 4. The van der Waals surface area contributed by atoms with Gasteiger partial charge in [0.1, 0.15) is 11.1 Å². The Morgan fingerprint density at radius 3 is 2.58 bits per heavy atom. The molecule has 3 aromatic rings. The zero-order valence-corrected chi connectivity index (χ0v) is 18.8. The largest absolute Gasteiger partial charge is 0.444 e. The molecular weight excluding hydrogens is 412 g/mol. The number of allylic oxidation sites excluding steroid dienone is 2. The summed E-state index contributed by atoms with van der Waals surface area (Å²) in [5, 5.41) is 18.1. The predicted octanol–water partition coefficient (Wildman–Crippen LogP) is 6.27. The average Bonchev–Trinajstić information content (AvgIpc) is 3.14. The second-order valence-electron chi connectivity index (χ2n) is 8.17. The minimum Gasteiger partial charge on any atom is -0.444 e. The third-order valence-corrected chi connectivity index (χ3v) is 5.20. The minimum atomic E-state index is -0.702. The monoisotopic (exact) mass is 436 g/mol. The van der Waals surface area contributed by atoms with E-state index in [0.717, 1.165) is 16.5 Å². The molecule has 0 aliphatic carbocycles. The third-order valence-electron chi connectivity index (χ3n) is 4.94. The van der Waals surface area contributed by atoms with Gasteiger partial charge in [-0.3, -0.25) is 10.00 Å². The lowest BCUT2D eigenvalue weighted by molar-refractivity contribution is 0.0636. The van der Waals surface area contributed by atoms with Crippen molar-refractivity contribution in [3.8, 4) is 6.07 Å². The lowest BCUT2D eigenvalue weighted by Crippen LogP contribution is -2.33. The van der Waals surface area contributed by atoms with Gasteiger partial charge in [0.05, 0.1) is 23.5 Å². The number of fused-ring (bicyclic) bond motifs is 1. The van der Waals surface area contributed by atoms with E-state index in [2.05, 4.69) is 16.5 Å². The van der Waals surface area contributed by atoms with Crippen molar-refractivity contribution < 1.29 is 9.53 Å². The molecule has 1 unspecified atom stereocenters. The number of anilines is 1. The van der Waals surface area contributed by atoms with Gasteiger partial charge in [0, 0.05) is 16.5 Å². The van der Waals surface area contributed by atoms with Gasteiger partial charge < -0.3 is 4.74 Å². The van der Waals surface area contributed by atoms with Gasteiger partial charge in [0.25, 0.3) is 0 Å². The Morgan fingerprint density at radius 2 is 1.97 bits per heavy atom. The number of amides is 1. The average molecular weight is 437 g/mol. The van der Waals surface area contributed by atoms with Crippen LogP contribution >= 0.6 is 11.6 Å². The van der Waals surface area contributed by atoms with Crippen molar-refractivity contribution in [1.82, 2.24) is 9.78 Å². The number of carbonyl (C=O) groups excluding carboxylic acids is 1. The van der Waals surface area contributed by atoms with Crippen LogP contribution in [0.15, 0.2) is 60.8 Å². The number of nitrogens with one attached hydrogen (secondary N) is 1. The SMILES string of the molecule is CCC(/C=C/C#N)(c1ccc(Cl)cc1)n1ncc2c(NC(=O)OC(C)(C)C)cccc21. The van der Waals surface area contributed by atoms with E-state index in [9.17, 15) is 10.1 Å². The summed E-state index contributed by atoms with van der Waals surface area (Å²) in [7, 11) is 0. The van der Waals surface area contributed by atoms with Gasteiger partial charge in [-0.15, -0.1) is 0 Å². The highest BCUT2D eigenvalue weighted by Crippen LogP contribution is 2.36. The molecule has 7 heteroatoms. The maximum Gasteiger partial charge on any atom is 0.412 e. The first-order chi connectivity index (χ1) is 14.7. The number of nitriles is 1. The van der Waals surface area contributed by atoms with Crippen LogP contribution in [0, 0.1) is 11.3 Å². The molecule has 0 bridgehead atoms. The molecule has 0 aliphatic rings. The summed E-state index contributed by atoms with van der Waals surface area (Å²) in [6.07, 6.45) is 5.14. The Labute approximate surface area is 187 Å². The van der Waals surface area contributed by atoms with Gasteiger partial charge in [0.15, 0.2) is 0 Å². The molecule has 1 heterocycles. The van der Waals surface area contributed by atoms with Crippen molar-refractivity contribution in [1.29, 1.82) is 5.26 Å². The first-order valence-electron chi connectivity index (χ1n) is 10.0. The second-order valence-corrected chi connectivity index (χ2v) is 8.61. The van der Waals surface area contributed by atoms with Crippen molar-refractivity contribution in [2.45, 2.75) is 45.3 Å². The summed E-state index contributed by atoms with van der Waals surface area (Å²) < 4.78 is 7.26. The number of aromatic nitrogens is 2. The molecule has 0 aliphatic heterocycles. The van der Waals surface area contributed by atoms with Gasteiger partial charge >= 0.3 is 6.09 Å². The maximum absolute atomic E-state index is 12.3. The first-order valence-corrected chi connectivity index (χ1v) is 10.4. The predicted molar refractivity (Wildman–Crippen MR) is 123 cm³/mol. The molecule has 1 N–H and O–H groups in total. The van der Waals surface area contributed by atoms with Gasteiger partial charge in [-0.05, 0) is 63.1 Å². The third kappa shape index (κ3) is 4.73. The van der Waals surface area contributed by atoms with Gasteiger partial charge in [0.2, 0.25) is 0 Å². The lowest BCUT2D eigenvalue weighted by atomic mass is 9.86. The summed E-state index contributed by atoms with van der Waals surface area (Å²) in [6, 6.07) is 15.2. The molecule has 6 nitrogen and oxygen atoms in total. The van der Waals surface area contributed by atoms with E-state index in [1.54, 1.807) is 12.3 Å². The van der Waals surface area contributed by atoms with E-state index in [0.29, 0.717) is 17.1 Å². The summed E-state index contributed by atoms with van der Waals surface area (Å²) in [6.45, 7) is 7.48. The van der Waals surface area contributed by atoms with Gasteiger partial charge in [-0.25, -0.2) is 4.79 Å². The highest BCUT2D eigenvalue weighted by molar-refractivity contribution is 6.30. The fourth-order valence-electron chi connectivity index (χ4n) is 3.57. The summed E-state index contributed by atoms with van der Waals surface area (Å²) in [5.74, 6) is 0. The number of benzene rings is 2. The van der Waals surface area contributed by atoms with Crippen molar-refractivity contribution in [2.24, 2.45) is 0 Å². The molecule has 160 valence electrons. The molecular formula is C24H25ClN4O2. The fourth-order valence-corrected chi connectivity index (χ4v) is 3.69. The standard InChI is InChI=1S/C24H25ClN4O2/c1-5-24(14-7-15-26,17-10-12-18(25)13-11-17)29-21-9-6-8-20(19(21)16-27-29)28-22(30)31-23(2,3)4/h6-14,16H,5H2,1-4H3,(H,28,30)/b14-7+. The zero-order valence-electron chi connectivity index (χ0n) is 18.0. The van der Waals surface area contributed by atoms with Gasteiger partial charge in [-0.1, -0.05) is 36.7 Å². The number of halogens is 1. The van der Waals surface area contributed by atoms with E-state index in [4.69, 9.17) is 16.3 Å². The topological polar surface area (TPSA) is 79.9 Å². The van der Waals surface area contributed by atoms with E-state index < -0.39 is 17.2 Å². The Balaban J connectivity index is 2.13. The molecule has 0 fully saturated rings. The van der Waals surface area contributed by atoms with Crippen LogP contribution < -0.4 is 5.32 Å². The highest BCUT2D eigenvalue weighted by atomic mass is 35.5. The minimum absolute atomic E-state index is 0.531. The van der Waals surface area contributed by atoms with E-state index in [1.165, 1.54) is 6.08 Å². The number of rotatable bonds is 5. The van der Waals surface area contributed by atoms with Crippen LogP contribution in [0.4, 0.5) is 10.5 Å². The Hall–Kier alpha value is -3.30. The zero-order chi connectivity index (χ0) is 22.6. The van der Waals surface area contributed by atoms with Gasteiger partial charge in [-0.2, -0.15) is 10.4 Å². The van der Waals surface area contributed by atoms with Crippen LogP contribution in [0.2, 0.25) is 5.02 Å². The highest BCUT2D eigenvalue weighted by Gasteiger charge is 2.32. The fraction of sp³-hybridized carbons (Fsp3) is 0.292. The maximum atomic E-state index is 12.3. The van der Waals surface area contributed by atoms with Crippen LogP contribution in [0.5, 0.6) is 0 Å². The Kier molecular flexibility index (Phi) is 6.37. The molecule has 0 saturated heterocycles. The molecule has 0 saturated carbocycles. The molecule has 31 heavy (non-hydrogen) atoms. The summed E-state index contributed by atoms with van der Waals surface area (Å²) in [4.78, 5) is 12.3. The molecule has 1 atom stereocenters. The molecule has 3 rings (SSSR count). The number of carbonyl (C=O) groups is 1. The summed E-state index contributed by atoms with van der Waals surface area (Å²) in [5.41, 5.74) is 1.06. The van der Waals surface area contributed by atoms with Crippen LogP contribution in [-0.4, -0.2) is 21.5 Å². The lowest BCUT2D eigenvalue weighted by Gasteiger charge is -2.31. The smallest absolute Gasteiger partial charge is 0.412 e. The van der Waals surface area contributed by atoms with Crippen molar-refractivity contribution in [3.63, 3.8) is 0 Å². The molecule has 1 aromatic heterocycles. The van der Waals surface area contributed by atoms with Crippen LogP contribution in [-0.2, 0) is 10.3 Å². The second kappa shape index (κ2) is 8.83. The normalized spacial score (nSPS) is 13.7. The van der Waals surface area contributed by atoms with Crippen molar-refractivity contribution in [2.75, 3.05) is 5.32 Å². The molecule has 1 amide bonds. The van der Waals surface area contributed by atoms with Crippen LogP contribution in [0.3, 0.4) is 0 Å². The number of nitrogens with zero attached hydrogens (tertiary/aromatic N) is 3. The van der Waals surface area contributed by atoms with Crippen LogP contribution in [0.25, 0.3) is 10.9 Å². The summed E-state index contributed by atoms with van der Waals surface area (Å²) >= 11 is 6.10. The number of hydrogen-bond donors (Lipinski definition) is 1. The first kappa shape index (κ1) is 22.4. The quantitative estimate of drug-likeness (QED) is 0.478. The van der Waals surface area contributed by atoms with Crippen LogP contribution in [0.1, 0.15) is 39.7 Å². The van der Waals surface area contributed by atoms with E-state index in [1.807, 2.05) is 74.9 Å². The Morgan fingerprint density at radius 1 is 1.26 bits per heavy atom. The molecule has 2 aromatic carbocycles. The van der Waals surface area contributed by atoms with Crippen molar-refractivity contribution in [3.05, 3.63) is 71.4 Å². The Bertz CT molecular complexity index is 1150. The number of ether oxygens (including phenoxy) is 1. The van der Waals surface area contributed by atoms with E-state index >= 15 is 0 Å². The molecule has 0 radical (unpaired) electrons. The van der Waals surface area contributed by atoms with E-state index in [-0.39, 0.29) is 0 Å². The van der Waals surface area contributed by atoms with Crippen molar-refractivity contribution >= 4 is 34.3 Å². The molecule has 0 spiro atoms.